The predicted octanol–water partition coefficient (Wildman–Crippen LogP) is 5.43. The van der Waals surface area contributed by atoms with Crippen molar-refractivity contribution in [1.82, 2.24) is 14.1 Å². The Morgan fingerprint density at radius 3 is 2.15 bits per heavy atom. The fourth-order valence-corrected chi connectivity index (χ4v) is 5.30. The summed E-state index contributed by atoms with van der Waals surface area (Å²) in [6.07, 6.45) is -0.0744. The maximum absolute atomic E-state index is 13.7. The van der Waals surface area contributed by atoms with Crippen molar-refractivity contribution in [1.29, 1.82) is 0 Å². The van der Waals surface area contributed by atoms with Gasteiger partial charge in [-0.15, -0.1) is 0 Å². The zero-order valence-corrected chi connectivity index (χ0v) is 26.5. The lowest BCUT2D eigenvalue weighted by Crippen LogP contribution is -2.53. The van der Waals surface area contributed by atoms with Crippen LogP contribution < -0.4 is 20.1 Å². The van der Waals surface area contributed by atoms with Gasteiger partial charge in [0.2, 0.25) is 11.8 Å². The zero-order chi connectivity index (χ0) is 32.3. The van der Waals surface area contributed by atoms with E-state index >= 15 is 0 Å². The lowest BCUT2D eigenvalue weighted by molar-refractivity contribution is -0.162. The topological polar surface area (TPSA) is 97.0 Å². The number of aryl methyl sites for hydroxylation is 1. The fraction of sp³-hybridized carbons (Fsp3) is 0.306. The van der Waals surface area contributed by atoms with E-state index in [0.29, 0.717) is 37.1 Å². The van der Waals surface area contributed by atoms with Crippen molar-refractivity contribution in [3.05, 3.63) is 113 Å². The largest absolute Gasteiger partial charge is 0.473 e. The summed E-state index contributed by atoms with van der Waals surface area (Å²) >= 11 is 0. The van der Waals surface area contributed by atoms with E-state index in [1.165, 1.54) is 0 Å². The van der Waals surface area contributed by atoms with E-state index in [2.05, 4.69) is 4.90 Å². The second-order valence-electron chi connectivity index (χ2n) is 12.3. The molecule has 1 aliphatic heterocycles. The number of carbonyl (C=O) groups is 1. The van der Waals surface area contributed by atoms with Gasteiger partial charge in [-0.1, -0.05) is 60.7 Å². The van der Waals surface area contributed by atoms with Crippen LogP contribution in [0.3, 0.4) is 0 Å². The second-order valence-corrected chi connectivity index (χ2v) is 12.3. The monoisotopic (exact) mass is 622 g/mol. The van der Waals surface area contributed by atoms with Gasteiger partial charge >= 0.3 is 11.7 Å². The highest BCUT2D eigenvalue weighted by Crippen LogP contribution is 2.31. The van der Waals surface area contributed by atoms with Crippen molar-refractivity contribution in [2.45, 2.75) is 45.7 Å². The molecule has 0 unspecified atom stereocenters. The fourth-order valence-electron chi connectivity index (χ4n) is 5.30. The molecule has 2 aromatic heterocycles. The summed E-state index contributed by atoms with van der Waals surface area (Å²) in [6.45, 7) is 7.31. The van der Waals surface area contributed by atoms with Crippen molar-refractivity contribution in [2.75, 3.05) is 24.6 Å². The molecule has 1 aliphatic rings. The summed E-state index contributed by atoms with van der Waals surface area (Å²) in [5, 5.41) is 0. The molecule has 0 N–H and O–H groups in total. The van der Waals surface area contributed by atoms with Crippen LogP contribution in [0, 0.1) is 0 Å². The number of carbonyl (C=O) groups excluding carboxylic acids is 1. The highest BCUT2D eigenvalue weighted by molar-refractivity contribution is 5.83. The van der Waals surface area contributed by atoms with Crippen LogP contribution in [0.5, 0.6) is 11.8 Å². The summed E-state index contributed by atoms with van der Waals surface area (Å²) in [5.41, 5.74) is 4.19. The van der Waals surface area contributed by atoms with Crippen LogP contribution in [0.2, 0.25) is 0 Å². The van der Waals surface area contributed by atoms with Crippen LogP contribution >= 0.6 is 0 Å². The molecule has 10 heteroatoms. The molecule has 0 amide bonds. The molecule has 46 heavy (non-hydrogen) atoms. The van der Waals surface area contributed by atoms with E-state index in [9.17, 15) is 9.59 Å². The Balaban J connectivity index is 1.23. The van der Waals surface area contributed by atoms with Gasteiger partial charge in [0.05, 0.1) is 17.1 Å². The lowest BCUT2D eigenvalue weighted by atomic mass is 10.1. The number of pyridine rings is 1. The van der Waals surface area contributed by atoms with Crippen molar-refractivity contribution in [3.8, 4) is 17.4 Å². The van der Waals surface area contributed by atoms with Gasteiger partial charge in [-0.2, -0.15) is 4.98 Å². The van der Waals surface area contributed by atoms with Gasteiger partial charge in [0.1, 0.15) is 31.1 Å². The molecule has 0 bridgehead atoms. The summed E-state index contributed by atoms with van der Waals surface area (Å²) < 4.78 is 26.5. The molecule has 3 heterocycles. The molecule has 0 aliphatic carbocycles. The Hall–Kier alpha value is -5.09. The molecule has 5 aromatic rings. The number of aromatic nitrogens is 3. The number of nitrogens with zero attached hydrogens (tertiary/aromatic N) is 4. The Kier molecular flexibility index (Phi) is 8.81. The van der Waals surface area contributed by atoms with E-state index in [0.717, 1.165) is 27.8 Å². The number of benzene rings is 3. The summed E-state index contributed by atoms with van der Waals surface area (Å²) in [4.78, 5) is 32.6. The van der Waals surface area contributed by atoms with E-state index < -0.39 is 5.60 Å². The maximum atomic E-state index is 13.7. The van der Waals surface area contributed by atoms with Crippen LogP contribution in [-0.2, 0) is 34.5 Å². The highest BCUT2D eigenvalue weighted by atomic mass is 16.6. The minimum absolute atomic E-state index is 0.0744. The third-order valence-electron chi connectivity index (χ3n) is 7.61. The molecular formula is C36H38N4O6. The standard InChI is InChI=1S/C36H38N4O6/c1-36(2,3)46-33(41)24-43-28-20-39(21-28)27-15-16-29-31(19-27)38(4)35(42)40(29)30-17-18-32(44-22-25-11-7-5-8-12-25)37-34(30)45-23-26-13-9-6-10-14-26/h5-19,28H,20-24H2,1-4H3. The molecule has 0 spiro atoms. The second kappa shape index (κ2) is 13.1. The first-order valence-corrected chi connectivity index (χ1v) is 15.3. The van der Waals surface area contributed by atoms with E-state index in [4.69, 9.17) is 23.9 Å². The summed E-state index contributed by atoms with van der Waals surface area (Å²) in [7, 11) is 1.75. The average molecular weight is 623 g/mol. The first-order chi connectivity index (χ1) is 22.1. The number of fused-ring (bicyclic) bond motifs is 1. The minimum Gasteiger partial charge on any atom is -0.473 e. The number of esters is 1. The van der Waals surface area contributed by atoms with E-state index in [1.54, 1.807) is 22.2 Å². The Morgan fingerprint density at radius 1 is 0.848 bits per heavy atom. The molecule has 0 radical (unpaired) electrons. The molecule has 0 atom stereocenters. The number of rotatable bonds is 11. The van der Waals surface area contributed by atoms with Gasteiger partial charge in [-0.3, -0.25) is 9.13 Å². The van der Waals surface area contributed by atoms with Gasteiger partial charge in [-0.25, -0.2) is 9.59 Å². The van der Waals surface area contributed by atoms with Crippen molar-refractivity contribution in [3.63, 3.8) is 0 Å². The van der Waals surface area contributed by atoms with Gasteiger partial charge in [-0.05, 0) is 56.2 Å². The molecule has 1 fully saturated rings. The molecule has 3 aromatic carbocycles. The lowest BCUT2D eigenvalue weighted by Gasteiger charge is -2.40. The first kappa shape index (κ1) is 30.9. The molecule has 0 saturated carbocycles. The summed E-state index contributed by atoms with van der Waals surface area (Å²) in [5.74, 6) is 0.314. The van der Waals surface area contributed by atoms with E-state index in [1.807, 2.05) is 106 Å². The summed E-state index contributed by atoms with van der Waals surface area (Å²) in [6, 6.07) is 29.1. The molecule has 238 valence electrons. The van der Waals surface area contributed by atoms with E-state index in [-0.39, 0.29) is 31.0 Å². The average Bonchev–Trinajstić information content (AvgIpc) is 3.27. The van der Waals surface area contributed by atoms with Crippen molar-refractivity contribution < 1.29 is 23.7 Å². The molecule has 6 rings (SSSR count). The van der Waals surface area contributed by atoms with Crippen LogP contribution in [0.1, 0.15) is 31.9 Å². The van der Waals surface area contributed by atoms with Gasteiger partial charge < -0.3 is 23.8 Å². The third-order valence-corrected chi connectivity index (χ3v) is 7.61. The first-order valence-electron chi connectivity index (χ1n) is 15.3. The SMILES string of the molecule is Cn1c(=O)n(-c2ccc(OCc3ccccc3)nc2OCc2ccccc2)c2ccc(N3CC(OCC(=O)OC(C)(C)C)C3)cc21. The number of imidazole rings is 1. The normalized spacial score (nSPS) is 13.4. The third kappa shape index (κ3) is 7.07. The smallest absolute Gasteiger partial charge is 0.333 e. The number of ether oxygens (including phenoxy) is 4. The quantitative estimate of drug-likeness (QED) is 0.180. The Labute approximate surface area is 267 Å². The number of hydrogen-bond donors (Lipinski definition) is 0. The molecular weight excluding hydrogens is 584 g/mol. The van der Waals surface area contributed by atoms with Crippen LogP contribution in [0.15, 0.2) is 95.8 Å². The predicted molar refractivity (Wildman–Crippen MR) is 176 cm³/mol. The van der Waals surface area contributed by atoms with Gasteiger partial charge in [0.15, 0.2) is 0 Å². The highest BCUT2D eigenvalue weighted by Gasteiger charge is 2.30. The van der Waals surface area contributed by atoms with Crippen molar-refractivity contribution >= 4 is 22.7 Å². The Morgan fingerprint density at radius 2 is 1.50 bits per heavy atom. The van der Waals surface area contributed by atoms with Crippen LogP contribution in [-0.4, -0.2) is 51.5 Å². The molecule has 10 nitrogen and oxygen atoms in total. The minimum atomic E-state index is -0.545. The zero-order valence-electron chi connectivity index (χ0n) is 26.5. The maximum Gasteiger partial charge on any atom is 0.333 e. The van der Waals surface area contributed by atoms with Gasteiger partial charge in [0, 0.05) is 31.9 Å². The van der Waals surface area contributed by atoms with Crippen LogP contribution in [0.25, 0.3) is 16.7 Å². The van der Waals surface area contributed by atoms with Gasteiger partial charge in [0.25, 0.3) is 0 Å². The van der Waals surface area contributed by atoms with Crippen molar-refractivity contribution in [2.24, 2.45) is 7.05 Å². The Bertz CT molecular complexity index is 1870. The number of anilines is 1. The van der Waals surface area contributed by atoms with Crippen LogP contribution in [0.4, 0.5) is 5.69 Å². The molecule has 1 saturated heterocycles. The number of hydrogen-bond acceptors (Lipinski definition) is 8.